The fourth-order valence-corrected chi connectivity index (χ4v) is 2.64. The maximum Gasteiger partial charge on any atom is 0.261 e. The van der Waals surface area contributed by atoms with Gasteiger partial charge in [0.1, 0.15) is 11.5 Å². The van der Waals surface area contributed by atoms with Crippen LogP contribution in [0.4, 0.5) is 5.69 Å². The smallest absolute Gasteiger partial charge is 0.261 e. The van der Waals surface area contributed by atoms with Gasteiger partial charge in [0.15, 0.2) is 5.11 Å². The largest absolute Gasteiger partial charge is 0.497 e. The highest BCUT2D eigenvalue weighted by Crippen LogP contribution is 2.24. The van der Waals surface area contributed by atoms with E-state index in [2.05, 4.69) is 26.6 Å². The molecule has 0 spiro atoms. The first kappa shape index (κ1) is 19.2. The average Bonchev–Trinajstić information content (AvgIpc) is 2.56. The third-order valence-corrected chi connectivity index (χ3v) is 3.80. The second-order valence-electron chi connectivity index (χ2n) is 5.45. The molecule has 0 fully saturated rings. The Bertz CT molecular complexity index is 781. The van der Waals surface area contributed by atoms with Crippen LogP contribution in [0.2, 0.25) is 0 Å². The average molecular weight is 423 g/mol. The van der Waals surface area contributed by atoms with Gasteiger partial charge in [0.25, 0.3) is 5.91 Å². The highest BCUT2D eigenvalue weighted by atomic mass is 79.9. The molecule has 5 nitrogen and oxygen atoms in total. The summed E-state index contributed by atoms with van der Waals surface area (Å²) in [5.41, 5.74) is 1.12. The van der Waals surface area contributed by atoms with Crippen LogP contribution in [0.5, 0.6) is 11.5 Å². The van der Waals surface area contributed by atoms with Gasteiger partial charge in [-0.2, -0.15) is 0 Å². The van der Waals surface area contributed by atoms with Crippen LogP contribution in [0.15, 0.2) is 46.9 Å². The Hall–Kier alpha value is -2.12. The molecule has 2 N–H and O–H groups in total. The predicted molar refractivity (Wildman–Crippen MR) is 107 cm³/mol. The van der Waals surface area contributed by atoms with Crippen LogP contribution >= 0.6 is 28.1 Å². The monoisotopic (exact) mass is 422 g/mol. The lowest BCUT2D eigenvalue weighted by Gasteiger charge is -2.15. The maximum atomic E-state index is 12.6. The number of benzene rings is 2. The number of halogens is 1. The third-order valence-electron chi connectivity index (χ3n) is 3.10. The highest BCUT2D eigenvalue weighted by Gasteiger charge is 2.15. The quantitative estimate of drug-likeness (QED) is 0.700. The van der Waals surface area contributed by atoms with Crippen LogP contribution < -0.4 is 20.1 Å². The number of amides is 1. The molecule has 0 saturated carbocycles. The zero-order chi connectivity index (χ0) is 18.4. The van der Waals surface area contributed by atoms with Crippen molar-refractivity contribution in [3.8, 4) is 11.5 Å². The molecule has 2 rings (SSSR count). The Kier molecular flexibility index (Phi) is 6.78. The van der Waals surface area contributed by atoms with E-state index in [0.29, 0.717) is 17.1 Å². The van der Waals surface area contributed by atoms with Crippen molar-refractivity contribution in [3.63, 3.8) is 0 Å². The molecule has 0 heterocycles. The molecule has 7 heteroatoms. The molecule has 0 bridgehead atoms. The zero-order valence-electron chi connectivity index (χ0n) is 14.1. The summed E-state index contributed by atoms with van der Waals surface area (Å²) in [6.45, 7) is 3.80. The van der Waals surface area contributed by atoms with Gasteiger partial charge in [-0.05, 0) is 56.4 Å². The zero-order valence-corrected chi connectivity index (χ0v) is 16.5. The lowest BCUT2D eigenvalue weighted by molar-refractivity contribution is 0.0972. The topological polar surface area (TPSA) is 59.6 Å². The van der Waals surface area contributed by atoms with Crippen molar-refractivity contribution in [2.45, 2.75) is 20.0 Å². The van der Waals surface area contributed by atoms with Gasteiger partial charge in [0.2, 0.25) is 0 Å². The maximum absolute atomic E-state index is 12.6. The molecule has 0 saturated heterocycles. The molecule has 0 aliphatic heterocycles. The normalized spacial score (nSPS) is 10.3. The summed E-state index contributed by atoms with van der Waals surface area (Å²) in [4.78, 5) is 12.6. The van der Waals surface area contributed by atoms with Gasteiger partial charge >= 0.3 is 0 Å². The van der Waals surface area contributed by atoms with E-state index in [-0.39, 0.29) is 17.1 Å². The Morgan fingerprint density at radius 2 is 1.96 bits per heavy atom. The molecular weight excluding hydrogens is 404 g/mol. The first-order valence-electron chi connectivity index (χ1n) is 7.61. The van der Waals surface area contributed by atoms with Crippen LogP contribution in [0.3, 0.4) is 0 Å². The minimum atomic E-state index is -0.350. The van der Waals surface area contributed by atoms with Gasteiger partial charge in [-0.15, -0.1) is 0 Å². The van der Waals surface area contributed by atoms with Gasteiger partial charge in [-0.1, -0.05) is 22.0 Å². The molecule has 2 aromatic rings. The van der Waals surface area contributed by atoms with Crippen LogP contribution in [-0.4, -0.2) is 24.2 Å². The molecule has 0 radical (unpaired) electrons. The van der Waals surface area contributed by atoms with Crippen molar-refractivity contribution in [2.75, 3.05) is 12.4 Å². The van der Waals surface area contributed by atoms with E-state index in [1.54, 1.807) is 25.3 Å². The molecule has 0 atom stereocenters. The number of carbonyl (C=O) groups excluding carboxylic acids is 1. The van der Waals surface area contributed by atoms with Gasteiger partial charge in [-0.3, -0.25) is 10.1 Å². The molecule has 0 aliphatic carbocycles. The van der Waals surface area contributed by atoms with E-state index >= 15 is 0 Å². The standard InChI is InChI=1S/C18H19BrN2O3S/c1-11(2)24-16-8-7-12(19)9-15(16)17(22)21-18(25)20-13-5-4-6-14(10-13)23-3/h4-11H,1-3H3,(H2,20,21,22,25). The summed E-state index contributed by atoms with van der Waals surface area (Å²) >= 11 is 8.59. The molecule has 0 aliphatic rings. The van der Waals surface area contributed by atoms with Crippen LogP contribution in [0.1, 0.15) is 24.2 Å². The van der Waals surface area contributed by atoms with Crippen LogP contribution in [0.25, 0.3) is 0 Å². The van der Waals surface area contributed by atoms with E-state index in [0.717, 1.165) is 10.2 Å². The van der Waals surface area contributed by atoms with E-state index < -0.39 is 0 Å². The number of nitrogens with one attached hydrogen (secondary N) is 2. The molecule has 0 aromatic heterocycles. The Labute approximate surface area is 160 Å². The van der Waals surface area contributed by atoms with Crippen molar-refractivity contribution in [2.24, 2.45) is 0 Å². The minimum Gasteiger partial charge on any atom is -0.497 e. The van der Waals surface area contributed by atoms with E-state index in [1.165, 1.54) is 0 Å². The first-order valence-corrected chi connectivity index (χ1v) is 8.81. The van der Waals surface area contributed by atoms with Gasteiger partial charge in [-0.25, -0.2) is 0 Å². The van der Waals surface area contributed by atoms with E-state index in [4.69, 9.17) is 21.7 Å². The Morgan fingerprint density at radius 1 is 1.20 bits per heavy atom. The summed E-state index contributed by atoms with van der Waals surface area (Å²) < 4.78 is 11.6. The van der Waals surface area contributed by atoms with Crippen molar-refractivity contribution < 1.29 is 14.3 Å². The number of thiocarbonyl (C=S) groups is 1. The van der Waals surface area contributed by atoms with Crippen molar-refractivity contribution in [1.82, 2.24) is 5.32 Å². The predicted octanol–water partition coefficient (Wildman–Crippen LogP) is 4.37. The Morgan fingerprint density at radius 3 is 2.64 bits per heavy atom. The van der Waals surface area contributed by atoms with E-state index in [9.17, 15) is 4.79 Å². The summed E-state index contributed by atoms with van der Waals surface area (Å²) in [6.07, 6.45) is -0.0467. The lowest BCUT2D eigenvalue weighted by Crippen LogP contribution is -2.34. The van der Waals surface area contributed by atoms with E-state index in [1.807, 2.05) is 38.1 Å². The number of hydrogen-bond donors (Lipinski definition) is 2. The fourth-order valence-electron chi connectivity index (χ4n) is 2.07. The fraction of sp³-hybridized carbons (Fsp3) is 0.222. The third kappa shape index (κ3) is 5.72. The summed E-state index contributed by atoms with van der Waals surface area (Å²) in [7, 11) is 1.59. The first-order chi connectivity index (χ1) is 11.9. The second kappa shape index (κ2) is 8.82. The van der Waals surface area contributed by atoms with Crippen LogP contribution in [0, 0.1) is 0 Å². The second-order valence-corrected chi connectivity index (χ2v) is 6.77. The number of rotatable bonds is 5. The number of ether oxygens (including phenoxy) is 2. The molecule has 132 valence electrons. The molecule has 1 amide bonds. The SMILES string of the molecule is COc1cccc(NC(=S)NC(=O)c2cc(Br)ccc2OC(C)C)c1. The minimum absolute atomic E-state index is 0.0467. The number of methoxy groups -OCH3 is 1. The molecular formula is C18H19BrN2O3S. The summed E-state index contributed by atoms with van der Waals surface area (Å²) in [5, 5.41) is 5.81. The van der Waals surface area contributed by atoms with Crippen LogP contribution in [-0.2, 0) is 0 Å². The highest BCUT2D eigenvalue weighted by molar-refractivity contribution is 9.10. The summed E-state index contributed by atoms with van der Waals surface area (Å²) in [6, 6.07) is 12.5. The summed E-state index contributed by atoms with van der Waals surface area (Å²) in [5.74, 6) is 0.843. The number of anilines is 1. The number of carbonyl (C=O) groups is 1. The lowest BCUT2D eigenvalue weighted by atomic mass is 10.2. The van der Waals surface area contributed by atoms with Gasteiger partial charge < -0.3 is 14.8 Å². The van der Waals surface area contributed by atoms with Crippen molar-refractivity contribution in [3.05, 3.63) is 52.5 Å². The van der Waals surface area contributed by atoms with Gasteiger partial charge in [0, 0.05) is 16.2 Å². The van der Waals surface area contributed by atoms with Crippen molar-refractivity contribution in [1.29, 1.82) is 0 Å². The molecule has 2 aromatic carbocycles. The molecule has 25 heavy (non-hydrogen) atoms. The van der Waals surface area contributed by atoms with Gasteiger partial charge in [0.05, 0.1) is 18.8 Å². The Balaban J connectivity index is 2.10. The number of hydrogen-bond acceptors (Lipinski definition) is 4. The van der Waals surface area contributed by atoms with Crippen molar-refractivity contribution >= 4 is 44.9 Å². The molecule has 0 unspecified atom stereocenters.